The molecule has 1 aromatic carbocycles. The third kappa shape index (κ3) is 5.70. The average Bonchev–Trinajstić information content (AvgIpc) is 3.04. The van der Waals surface area contributed by atoms with Crippen LogP contribution in [-0.2, 0) is 6.54 Å². The molecular weight excluding hydrogens is 256 g/mol. The van der Waals surface area contributed by atoms with Gasteiger partial charge in [0.15, 0.2) is 0 Å². The minimum absolute atomic E-state index is 0.625. The third-order valence-corrected chi connectivity index (χ3v) is 4.55. The van der Waals surface area contributed by atoms with Gasteiger partial charge in [-0.2, -0.15) is 0 Å². The molecule has 2 heteroatoms. The number of nitrogens with one attached hydrogen (secondary N) is 1. The van der Waals surface area contributed by atoms with Crippen molar-refractivity contribution in [2.24, 2.45) is 0 Å². The lowest BCUT2D eigenvalue weighted by Gasteiger charge is -2.18. The molecule has 1 atom stereocenters. The lowest BCUT2D eigenvalue weighted by atomic mass is 10.1. The summed E-state index contributed by atoms with van der Waals surface area (Å²) < 4.78 is 0. The highest BCUT2D eigenvalue weighted by atomic mass is 15.1. The number of unbranched alkanes of at least 4 members (excludes halogenated alkanes) is 3. The van der Waals surface area contributed by atoms with Gasteiger partial charge in [0.1, 0.15) is 0 Å². The molecule has 1 aliphatic rings. The number of nitrogens with zero attached hydrogens (tertiary/aromatic N) is 1. The first-order valence-electron chi connectivity index (χ1n) is 8.87. The Kier molecular flexibility index (Phi) is 7.08. The first-order valence-corrected chi connectivity index (χ1v) is 8.87. The SMILES string of the molecule is CCCCCCC(C)NCc1ccc(N2CCCC2)cc1. The quantitative estimate of drug-likeness (QED) is 0.661. The van der Waals surface area contributed by atoms with Gasteiger partial charge in [-0.25, -0.2) is 0 Å². The average molecular weight is 288 g/mol. The van der Waals surface area contributed by atoms with Gasteiger partial charge in [0.25, 0.3) is 0 Å². The maximum atomic E-state index is 3.65. The fraction of sp³-hybridized carbons (Fsp3) is 0.684. The van der Waals surface area contributed by atoms with E-state index in [4.69, 9.17) is 0 Å². The van der Waals surface area contributed by atoms with Gasteiger partial charge < -0.3 is 10.2 Å². The van der Waals surface area contributed by atoms with Gasteiger partial charge in [-0.1, -0.05) is 44.7 Å². The Bertz CT molecular complexity index is 379. The molecule has 0 spiro atoms. The van der Waals surface area contributed by atoms with Crippen molar-refractivity contribution in [2.45, 2.75) is 71.4 Å². The van der Waals surface area contributed by atoms with Gasteiger partial charge in [-0.3, -0.25) is 0 Å². The molecule has 2 rings (SSSR count). The molecule has 0 aliphatic carbocycles. The van der Waals surface area contributed by atoms with Crippen LogP contribution in [0.4, 0.5) is 5.69 Å². The molecule has 1 unspecified atom stereocenters. The minimum atomic E-state index is 0.625. The Morgan fingerprint density at radius 3 is 2.43 bits per heavy atom. The molecule has 1 aromatic rings. The Balaban J connectivity index is 1.68. The zero-order chi connectivity index (χ0) is 14.9. The molecule has 1 aliphatic heterocycles. The Morgan fingerprint density at radius 2 is 1.76 bits per heavy atom. The van der Waals surface area contributed by atoms with Crippen LogP contribution in [0.25, 0.3) is 0 Å². The summed E-state index contributed by atoms with van der Waals surface area (Å²) in [4.78, 5) is 2.49. The normalized spacial score (nSPS) is 16.4. The zero-order valence-corrected chi connectivity index (χ0v) is 13.9. The molecule has 1 heterocycles. The van der Waals surface area contributed by atoms with E-state index in [0.29, 0.717) is 6.04 Å². The van der Waals surface area contributed by atoms with Crippen LogP contribution in [0.3, 0.4) is 0 Å². The van der Waals surface area contributed by atoms with Crippen LogP contribution in [0.15, 0.2) is 24.3 Å². The van der Waals surface area contributed by atoms with Gasteiger partial charge in [-0.05, 0) is 43.9 Å². The van der Waals surface area contributed by atoms with Crippen LogP contribution in [0.5, 0.6) is 0 Å². The van der Waals surface area contributed by atoms with Crippen molar-refractivity contribution < 1.29 is 0 Å². The van der Waals surface area contributed by atoms with Gasteiger partial charge in [0, 0.05) is 31.4 Å². The largest absolute Gasteiger partial charge is 0.372 e. The highest BCUT2D eigenvalue weighted by molar-refractivity contribution is 5.48. The first-order chi connectivity index (χ1) is 10.3. The molecule has 2 nitrogen and oxygen atoms in total. The number of hydrogen-bond acceptors (Lipinski definition) is 2. The molecule has 118 valence electrons. The minimum Gasteiger partial charge on any atom is -0.372 e. The van der Waals surface area contributed by atoms with E-state index >= 15 is 0 Å². The molecule has 1 fully saturated rings. The van der Waals surface area contributed by atoms with Crippen LogP contribution in [0.2, 0.25) is 0 Å². The van der Waals surface area contributed by atoms with Gasteiger partial charge in [0.2, 0.25) is 0 Å². The predicted octanol–water partition coefficient (Wildman–Crippen LogP) is 4.74. The first kappa shape index (κ1) is 16.4. The maximum absolute atomic E-state index is 3.65. The maximum Gasteiger partial charge on any atom is 0.0366 e. The van der Waals surface area contributed by atoms with Crippen molar-refractivity contribution in [3.8, 4) is 0 Å². The van der Waals surface area contributed by atoms with Gasteiger partial charge in [0.05, 0.1) is 0 Å². The fourth-order valence-corrected chi connectivity index (χ4v) is 3.07. The summed E-state index contributed by atoms with van der Waals surface area (Å²) in [6, 6.07) is 9.76. The predicted molar refractivity (Wildman–Crippen MR) is 92.9 cm³/mol. The standard InChI is InChI=1S/C19H32N2/c1-3-4-5-6-9-17(2)20-16-18-10-12-19(13-11-18)21-14-7-8-15-21/h10-13,17,20H,3-9,14-16H2,1-2H3. The number of benzene rings is 1. The van der Waals surface area contributed by atoms with Crippen molar-refractivity contribution in [1.82, 2.24) is 5.32 Å². The van der Waals surface area contributed by atoms with E-state index in [1.165, 1.54) is 69.3 Å². The molecule has 1 saturated heterocycles. The van der Waals surface area contributed by atoms with E-state index in [-0.39, 0.29) is 0 Å². The van der Waals surface area contributed by atoms with Crippen molar-refractivity contribution in [1.29, 1.82) is 0 Å². The molecule has 0 aromatic heterocycles. The smallest absolute Gasteiger partial charge is 0.0366 e. The highest BCUT2D eigenvalue weighted by Gasteiger charge is 2.11. The van der Waals surface area contributed by atoms with Gasteiger partial charge >= 0.3 is 0 Å². The second-order valence-electron chi connectivity index (χ2n) is 6.49. The summed E-state index contributed by atoms with van der Waals surface area (Å²) in [6.45, 7) is 8.03. The molecule has 0 radical (unpaired) electrons. The van der Waals surface area contributed by atoms with E-state index in [1.807, 2.05) is 0 Å². The van der Waals surface area contributed by atoms with Gasteiger partial charge in [-0.15, -0.1) is 0 Å². The van der Waals surface area contributed by atoms with Crippen LogP contribution in [0, 0.1) is 0 Å². The van der Waals surface area contributed by atoms with E-state index < -0.39 is 0 Å². The summed E-state index contributed by atoms with van der Waals surface area (Å²) in [7, 11) is 0. The van der Waals surface area contributed by atoms with E-state index in [1.54, 1.807) is 0 Å². The molecule has 0 saturated carbocycles. The van der Waals surface area contributed by atoms with E-state index in [0.717, 1.165) is 6.54 Å². The Hall–Kier alpha value is -1.02. The van der Waals surface area contributed by atoms with Crippen LogP contribution >= 0.6 is 0 Å². The summed E-state index contributed by atoms with van der Waals surface area (Å²) in [6.07, 6.45) is 9.43. The summed E-state index contributed by atoms with van der Waals surface area (Å²) in [5, 5.41) is 3.65. The van der Waals surface area contributed by atoms with E-state index in [2.05, 4.69) is 48.3 Å². The highest BCUT2D eigenvalue weighted by Crippen LogP contribution is 2.20. The fourth-order valence-electron chi connectivity index (χ4n) is 3.07. The van der Waals surface area contributed by atoms with Crippen LogP contribution < -0.4 is 10.2 Å². The second kappa shape index (κ2) is 9.09. The summed E-state index contributed by atoms with van der Waals surface area (Å²) >= 11 is 0. The lowest BCUT2D eigenvalue weighted by molar-refractivity contribution is 0.483. The summed E-state index contributed by atoms with van der Waals surface area (Å²) in [5.74, 6) is 0. The van der Waals surface area contributed by atoms with Crippen molar-refractivity contribution in [3.05, 3.63) is 29.8 Å². The van der Waals surface area contributed by atoms with Crippen LogP contribution in [0.1, 0.15) is 64.4 Å². The molecule has 21 heavy (non-hydrogen) atoms. The number of anilines is 1. The van der Waals surface area contributed by atoms with Crippen molar-refractivity contribution in [2.75, 3.05) is 18.0 Å². The zero-order valence-electron chi connectivity index (χ0n) is 13.9. The Morgan fingerprint density at radius 1 is 1.05 bits per heavy atom. The van der Waals surface area contributed by atoms with Crippen LogP contribution in [-0.4, -0.2) is 19.1 Å². The molecule has 0 amide bonds. The summed E-state index contributed by atoms with van der Waals surface area (Å²) in [5.41, 5.74) is 2.79. The monoisotopic (exact) mass is 288 g/mol. The number of rotatable bonds is 9. The second-order valence-corrected chi connectivity index (χ2v) is 6.49. The molecule has 1 N–H and O–H groups in total. The van der Waals surface area contributed by atoms with Crippen molar-refractivity contribution in [3.63, 3.8) is 0 Å². The van der Waals surface area contributed by atoms with E-state index in [9.17, 15) is 0 Å². The Labute approximate surface area is 130 Å². The third-order valence-electron chi connectivity index (χ3n) is 4.55. The molecule has 0 bridgehead atoms. The molecular formula is C19H32N2. The lowest BCUT2D eigenvalue weighted by Crippen LogP contribution is -2.25. The number of hydrogen-bond donors (Lipinski definition) is 1. The van der Waals surface area contributed by atoms with Crippen molar-refractivity contribution >= 4 is 5.69 Å². The topological polar surface area (TPSA) is 15.3 Å².